The monoisotopic (exact) mass is 311 g/mol. The smallest absolute Gasteiger partial charge is 0.319 e. The number of esters is 1. The van der Waals surface area contributed by atoms with Crippen LogP contribution in [0.3, 0.4) is 0 Å². The van der Waals surface area contributed by atoms with E-state index in [0.29, 0.717) is 19.0 Å². The van der Waals surface area contributed by atoms with E-state index in [-0.39, 0.29) is 23.8 Å². The molecule has 0 fully saturated rings. The molecule has 0 heterocycles. The summed E-state index contributed by atoms with van der Waals surface area (Å²) in [7, 11) is 0. The van der Waals surface area contributed by atoms with E-state index in [1.807, 2.05) is 27.7 Å². The second-order valence-corrected chi connectivity index (χ2v) is 7.38. The average molecular weight is 311 g/mol. The Morgan fingerprint density at radius 2 is 1.82 bits per heavy atom. The van der Waals surface area contributed by atoms with Gasteiger partial charge in [-0.2, -0.15) is 0 Å². The van der Waals surface area contributed by atoms with E-state index in [1.54, 1.807) is 0 Å². The maximum absolute atomic E-state index is 11.8. The molecule has 0 aliphatic heterocycles. The predicted octanol–water partition coefficient (Wildman–Crippen LogP) is 2.16. The van der Waals surface area contributed by atoms with Gasteiger partial charge in [-0.05, 0) is 18.3 Å². The molecule has 1 unspecified atom stereocenters. The number of nitrogens with one attached hydrogen (secondary N) is 2. The minimum absolute atomic E-state index is 0.0338. The number of nitrogens with two attached hydrogens (primary N) is 1. The van der Waals surface area contributed by atoms with Crippen molar-refractivity contribution in [2.75, 3.05) is 19.7 Å². The van der Waals surface area contributed by atoms with E-state index in [1.165, 1.54) is 0 Å². The summed E-state index contributed by atoms with van der Waals surface area (Å²) >= 11 is 0. The van der Waals surface area contributed by atoms with E-state index in [9.17, 15) is 4.79 Å². The highest BCUT2D eigenvalue weighted by atomic mass is 16.5. The predicted molar refractivity (Wildman–Crippen MR) is 92.1 cm³/mol. The number of hydrogen-bond donors (Lipinski definition) is 3. The summed E-state index contributed by atoms with van der Waals surface area (Å²) in [6, 6.07) is 0. The maximum atomic E-state index is 11.8. The van der Waals surface area contributed by atoms with Crippen molar-refractivity contribution >= 4 is 5.97 Å². The lowest BCUT2D eigenvalue weighted by molar-refractivity contribution is -0.145. The Hall–Kier alpha value is -1.49. The Balaban J connectivity index is 4.62. The summed E-state index contributed by atoms with van der Waals surface area (Å²) in [5.41, 5.74) is 6.17. The molecule has 0 radical (unpaired) electrons. The SMILES string of the molecule is C=C(N)NC(CNCC(=O)OCC(C)(C)C)(C(=C)C)C(C)C. The molecule has 0 saturated heterocycles. The van der Waals surface area contributed by atoms with Crippen LogP contribution in [-0.2, 0) is 9.53 Å². The molecule has 22 heavy (non-hydrogen) atoms. The van der Waals surface area contributed by atoms with Crippen molar-refractivity contribution in [2.24, 2.45) is 17.1 Å². The van der Waals surface area contributed by atoms with E-state index in [2.05, 4.69) is 37.6 Å². The molecule has 0 aromatic heterocycles. The molecular formula is C17H33N3O2. The van der Waals surface area contributed by atoms with Crippen LogP contribution in [-0.4, -0.2) is 31.2 Å². The molecule has 0 aliphatic rings. The van der Waals surface area contributed by atoms with Crippen molar-refractivity contribution in [3.8, 4) is 0 Å². The van der Waals surface area contributed by atoms with Crippen LogP contribution in [0.2, 0.25) is 0 Å². The zero-order valence-electron chi connectivity index (χ0n) is 15.0. The average Bonchev–Trinajstić information content (AvgIpc) is 2.33. The molecule has 5 heteroatoms. The Bertz CT molecular complexity index is 411. The van der Waals surface area contributed by atoms with Crippen LogP contribution in [0.15, 0.2) is 24.6 Å². The van der Waals surface area contributed by atoms with Gasteiger partial charge in [0.25, 0.3) is 0 Å². The minimum Gasteiger partial charge on any atom is -0.464 e. The Morgan fingerprint density at radius 3 is 2.18 bits per heavy atom. The fourth-order valence-corrected chi connectivity index (χ4v) is 2.14. The lowest BCUT2D eigenvalue weighted by Crippen LogP contribution is -2.58. The molecule has 5 nitrogen and oxygen atoms in total. The molecule has 1 atom stereocenters. The fraction of sp³-hybridized carbons (Fsp3) is 0.706. The van der Waals surface area contributed by atoms with Crippen LogP contribution in [0.4, 0.5) is 0 Å². The highest BCUT2D eigenvalue weighted by molar-refractivity contribution is 5.71. The molecule has 0 amide bonds. The largest absolute Gasteiger partial charge is 0.464 e. The van der Waals surface area contributed by atoms with Gasteiger partial charge in [0, 0.05) is 6.54 Å². The van der Waals surface area contributed by atoms with Gasteiger partial charge in [0.1, 0.15) is 0 Å². The molecule has 0 aromatic rings. The second-order valence-electron chi connectivity index (χ2n) is 7.38. The Labute approximate surface area is 135 Å². The van der Waals surface area contributed by atoms with Gasteiger partial charge in [0.2, 0.25) is 0 Å². The summed E-state index contributed by atoms with van der Waals surface area (Å²) in [6.45, 7) is 21.0. The van der Waals surface area contributed by atoms with Gasteiger partial charge in [-0.1, -0.05) is 53.3 Å². The molecule has 0 aromatic carbocycles. The second kappa shape index (κ2) is 8.22. The topological polar surface area (TPSA) is 76.4 Å². The van der Waals surface area contributed by atoms with Crippen molar-refractivity contribution in [3.05, 3.63) is 24.6 Å². The third-order valence-corrected chi connectivity index (χ3v) is 3.47. The number of rotatable bonds is 9. The van der Waals surface area contributed by atoms with Crippen molar-refractivity contribution in [3.63, 3.8) is 0 Å². The van der Waals surface area contributed by atoms with Gasteiger partial charge in [-0.25, -0.2) is 0 Å². The zero-order chi connectivity index (χ0) is 17.6. The van der Waals surface area contributed by atoms with Crippen LogP contribution in [0.1, 0.15) is 41.5 Å². The van der Waals surface area contributed by atoms with Crippen molar-refractivity contribution in [2.45, 2.75) is 47.1 Å². The highest BCUT2D eigenvalue weighted by Gasteiger charge is 2.34. The minimum atomic E-state index is -0.448. The number of carbonyl (C=O) groups excluding carboxylic acids is 1. The Morgan fingerprint density at radius 1 is 1.27 bits per heavy atom. The van der Waals surface area contributed by atoms with Crippen molar-refractivity contribution in [1.82, 2.24) is 10.6 Å². The van der Waals surface area contributed by atoms with Crippen molar-refractivity contribution < 1.29 is 9.53 Å². The number of carbonyl (C=O) groups is 1. The summed E-state index contributed by atoms with van der Waals surface area (Å²) in [6.07, 6.45) is 0. The quantitative estimate of drug-likeness (QED) is 0.449. The van der Waals surface area contributed by atoms with Crippen LogP contribution in [0, 0.1) is 11.3 Å². The lowest BCUT2D eigenvalue weighted by Gasteiger charge is -2.40. The summed E-state index contributed by atoms with van der Waals surface area (Å²) in [4.78, 5) is 11.8. The van der Waals surface area contributed by atoms with E-state index >= 15 is 0 Å². The first kappa shape index (κ1) is 20.5. The van der Waals surface area contributed by atoms with Gasteiger partial charge < -0.3 is 21.1 Å². The standard InChI is InChI=1S/C17H33N3O2/c1-12(2)17(13(3)4,20-14(5)18)10-19-9-15(21)22-11-16(6,7)8/h13,19-20H,1,5,9-11,18H2,2-4,6-8H3. The van der Waals surface area contributed by atoms with Gasteiger partial charge in [0.05, 0.1) is 24.5 Å². The van der Waals surface area contributed by atoms with Crippen LogP contribution in [0.5, 0.6) is 0 Å². The van der Waals surface area contributed by atoms with E-state index in [4.69, 9.17) is 10.5 Å². The Kier molecular flexibility index (Phi) is 7.67. The van der Waals surface area contributed by atoms with Crippen LogP contribution < -0.4 is 16.4 Å². The summed E-state index contributed by atoms with van der Waals surface area (Å²) < 4.78 is 5.24. The van der Waals surface area contributed by atoms with E-state index < -0.39 is 5.54 Å². The molecule has 0 aliphatic carbocycles. The number of hydrogen-bond acceptors (Lipinski definition) is 5. The van der Waals surface area contributed by atoms with Crippen LogP contribution >= 0.6 is 0 Å². The summed E-state index contributed by atoms with van der Waals surface area (Å²) in [5.74, 6) is 0.345. The van der Waals surface area contributed by atoms with Gasteiger partial charge >= 0.3 is 5.97 Å². The first-order chi connectivity index (χ1) is 9.90. The highest BCUT2D eigenvalue weighted by Crippen LogP contribution is 2.25. The third kappa shape index (κ3) is 6.98. The molecular weight excluding hydrogens is 278 g/mol. The van der Waals surface area contributed by atoms with Crippen molar-refractivity contribution in [1.29, 1.82) is 0 Å². The van der Waals surface area contributed by atoms with Gasteiger partial charge in [0.15, 0.2) is 0 Å². The third-order valence-electron chi connectivity index (χ3n) is 3.47. The van der Waals surface area contributed by atoms with Crippen LogP contribution in [0.25, 0.3) is 0 Å². The molecule has 4 N–H and O–H groups in total. The maximum Gasteiger partial charge on any atom is 0.319 e. The first-order valence-corrected chi connectivity index (χ1v) is 7.65. The first-order valence-electron chi connectivity index (χ1n) is 7.65. The normalized spacial score (nSPS) is 14.3. The molecule has 0 spiro atoms. The number of ether oxygens (including phenoxy) is 1. The molecule has 0 saturated carbocycles. The lowest BCUT2D eigenvalue weighted by atomic mass is 9.80. The van der Waals surface area contributed by atoms with Gasteiger partial charge in [-0.3, -0.25) is 4.79 Å². The molecule has 0 bridgehead atoms. The van der Waals surface area contributed by atoms with E-state index in [0.717, 1.165) is 5.57 Å². The fourth-order valence-electron chi connectivity index (χ4n) is 2.14. The summed E-state index contributed by atoms with van der Waals surface area (Å²) in [5, 5.41) is 6.33. The molecule has 128 valence electrons. The van der Waals surface area contributed by atoms with Gasteiger partial charge in [-0.15, -0.1) is 0 Å². The zero-order valence-corrected chi connectivity index (χ0v) is 15.0. The molecule has 0 rings (SSSR count).